The van der Waals surface area contributed by atoms with E-state index in [1.54, 1.807) is 19.5 Å². The number of pyridine rings is 1. The molecule has 28 heavy (non-hydrogen) atoms. The normalized spacial score (nSPS) is 19.0. The second-order valence-electron chi connectivity index (χ2n) is 7.06. The summed E-state index contributed by atoms with van der Waals surface area (Å²) in [7, 11) is 1.62. The van der Waals surface area contributed by atoms with Gasteiger partial charge in [-0.05, 0) is 24.1 Å². The van der Waals surface area contributed by atoms with Crippen LogP contribution in [0.4, 0.5) is 0 Å². The molecule has 2 atom stereocenters. The molecule has 1 fully saturated rings. The van der Waals surface area contributed by atoms with Crippen LogP contribution in [0.25, 0.3) is 11.4 Å². The summed E-state index contributed by atoms with van der Waals surface area (Å²) in [6.07, 6.45) is 3.71. The number of likely N-dealkylation sites (tertiary alicyclic amines) is 1. The van der Waals surface area contributed by atoms with Crippen LogP contribution >= 0.6 is 0 Å². The largest absolute Gasteiger partial charge is 0.496 e. The fourth-order valence-electron chi connectivity index (χ4n) is 3.62. The van der Waals surface area contributed by atoms with Gasteiger partial charge in [-0.1, -0.05) is 30.3 Å². The number of para-hydroxylation sites is 1. The summed E-state index contributed by atoms with van der Waals surface area (Å²) < 4.78 is 10.9. The summed E-state index contributed by atoms with van der Waals surface area (Å²) in [5, 5.41) is 4.09. The zero-order valence-corrected chi connectivity index (χ0v) is 15.9. The maximum absolute atomic E-state index is 12.8. The van der Waals surface area contributed by atoms with Crippen LogP contribution in [-0.4, -0.2) is 46.1 Å². The van der Waals surface area contributed by atoms with Crippen molar-refractivity contribution in [3.8, 4) is 17.1 Å². The maximum Gasteiger partial charge on any atom is 0.232 e. The molecule has 0 aliphatic carbocycles. The van der Waals surface area contributed by atoms with Gasteiger partial charge < -0.3 is 14.2 Å². The zero-order chi connectivity index (χ0) is 19.5. The third-order valence-corrected chi connectivity index (χ3v) is 5.20. The number of aromatic nitrogens is 3. The number of benzene rings is 1. The van der Waals surface area contributed by atoms with E-state index in [9.17, 15) is 4.79 Å². The standard InChI is InChI=1S/C21H22N4O3/c1-14-12-25(19(26)11-16-5-3-4-6-18(16)27-2)13-17(14)21-23-20(24-28-21)15-7-9-22-10-8-15/h3-10,14,17H,11-13H2,1-2H3. The molecule has 0 bridgehead atoms. The third-order valence-electron chi connectivity index (χ3n) is 5.20. The van der Waals surface area contributed by atoms with Crippen LogP contribution < -0.4 is 4.74 Å². The van der Waals surface area contributed by atoms with E-state index in [2.05, 4.69) is 22.0 Å². The fraction of sp³-hybridized carbons (Fsp3) is 0.333. The molecule has 7 nitrogen and oxygen atoms in total. The van der Waals surface area contributed by atoms with E-state index < -0.39 is 0 Å². The van der Waals surface area contributed by atoms with Gasteiger partial charge in [0.05, 0.1) is 19.4 Å². The number of methoxy groups -OCH3 is 1. The lowest BCUT2D eigenvalue weighted by molar-refractivity contribution is -0.129. The summed E-state index contributed by atoms with van der Waals surface area (Å²) in [5.41, 5.74) is 1.75. The minimum Gasteiger partial charge on any atom is -0.496 e. The van der Waals surface area contributed by atoms with Crippen molar-refractivity contribution in [1.82, 2.24) is 20.0 Å². The Bertz CT molecular complexity index is 957. The second kappa shape index (κ2) is 7.80. The summed E-state index contributed by atoms with van der Waals surface area (Å²) in [6, 6.07) is 11.3. The van der Waals surface area contributed by atoms with Gasteiger partial charge >= 0.3 is 0 Å². The van der Waals surface area contributed by atoms with Crippen molar-refractivity contribution in [2.45, 2.75) is 19.3 Å². The number of carbonyl (C=O) groups is 1. The molecule has 3 aromatic rings. The average Bonchev–Trinajstić information content (AvgIpc) is 3.36. The molecule has 2 unspecified atom stereocenters. The number of rotatable bonds is 5. The molecule has 1 aromatic carbocycles. The topological polar surface area (TPSA) is 81.4 Å². The first-order valence-electron chi connectivity index (χ1n) is 9.29. The van der Waals surface area contributed by atoms with E-state index in [1.165, 1.54) is 0 Å². The van der Waals surface area contributed by atoms with Gasteiger partial charge in [0.1, 0.15) is 5.75 Å². The first kappa shape index (κ1) is 18.2. The number of hydrogen-bond donors (Lipinski definition) is 0. The van der Waals surface area contributed by atoms with Gasteiger partial charge in [-0.15, -0.1) is 0 Å². The molecule has 7 heteroatoms. The quantitative estimate of drug-likeness (QED) is 0.679. The Morgan fingerprint density at radius 2 is 2.00 bits per heavy atom. The van der Waals surface area contributed by atoms with Crippen molar-refractivity contribution in [2.75, 3.05) is 20.2 Å². The van der Waals surface area contributed by atoms with Crippen LogP contribution in [0.5, 0.6) is 5.75 Å². The highest BCUT2D eigenvalue weighted by atomic mass is 16.5. The molecule has 144 valence electrons. The van der Waals surface area contributed by atoms with Crippen LogP contribution in [0.1, 0.15) is 24.3 Å². The SMILES string of the molecule is COc1ccccc1CC(=O)N1CC(C)C(c2nc(-c3ccncc3)no2)C1. The van der Waals surface area contributed by atoms with Crippen LogP contribution in [0.3, 0.4) is 0 Å². The second-order valence-corrected chi connectivity index (χ2v) is 7.06. The Morgan fingerprint density at radius 3 is 2.79 bits per heavy atom. The zero-order valence-electron chi connectivity index (χ0n) is 15.9. The minimum atomic E-state index is 0.0321. The predicted octanol–water partition coefficient (Wildman–Crippen LogP) is 2.94. The van der Waals surface area contributed by atoms with Crippen LogP contribution in [-0.2, 0) is 11.2 Å². The van der Waals surface area contributed by atoms with Crippen LogP contribution in [0, 0.1) is 5.92 Å². The van der Waals surface area contributed by atoms with E-state index in [4.69, 9.17) is 9.26 Å². The Morgan fingerprint density at radius 1 is 1.21 bits per heavy atom. The van der Waals surface area contributed by atoms with Gasteiger partial charge in [0, 0.05) is 36.6 Å². The third kappa shape index (κ3) is 3.60. The highest BCUT2D eigenvalue weighted by Crippen LogP contribution is 2.33. The molecule has 3 heterocycles. The van der Waals surface area contributed by atoms with Gasteiger partial charge in [-0.25, -0.2) is 0 Å². The lowest BCUT2D eigenvalue weighted by Gasteiger charge is -2.17. The summed E-state index contributed by atoms with van der Waals surface area (Å²) in [5.74, 6) is 2.21. The van der Waals surface area contributed by atoms with Gasteiger partial charge in [-0.2, -0.15) is 4.98 Å². The molecule has 1 aliphatic rings. The number of carbonyl (C=O) groups excluding carboxylic acids is 1. The van der Waals surface area contributed by atoms with E-state index in [1.807, 2.05) is 41.3 Å². The molecule has 0 spiro atoms. The fourth-order valence-corrected chi connectivity index (χ4v) is 3.62. The Hall–Kier alpha value is -3.22. The van der Waals surface area contributed by atoms with Gasteiger partial charge in [0.25, 0.3) is 0 Å². The highest BCUT2D eigenvalue weighted by molar-refractivity contribution is 5.80. The molecular formula is C21H22N4O3. The minimum absolute atomic E-state index is 0.0321. The van der Waals surface area contributed by atoms with E-state index >= 15 is 0 Å². The lowest BCUT2D eigenvalue weighted by atomic mass is 9.98. The molecule has 0 saturated carbocycles. The average molecular weight is 378 g/mol. The molecule has 0 N–H and O–H groups in total. The molecule has 0 radical (unpaired) electrons. The Labute approximate surface area is 163 Å². The first-order chi connectivity index (χ1) is 13.7. The van der Waals surface area contributed by atoms with Crippen molar-refractivity contribution in [3.05, 3.63) is 60.2 Å². The maximum atomic E-state index is 12.8. The number of amides is 1. The number of nitrogens with zero attached hydrogens (tertiary/aromatic N) is 4. The predicted molar refractivity (Wildman–Crippen MR) is 103 cm³/mol. The summed E-state index contributed by atoms with van der Waals surface area (Å²) in [4.78, 5) is 23.3. The van der Waals surface area contributed by atoms with Crippen molar-refractivity contribution >= 4 is 5.91 Å². The van der Waals surface area contributed by atoms with Crippen LogP contribution in [0.2, 0.25) is 0 Å². The number of hydrogen-bond acceptors (Lipinski definition) is 6. The molecular weight excluding hydrogens is 356 g/mol. The lowest BCUT2D eigenvalue weighted by Crippen LogP contribution is -2.30. The van der Waals surface area contributed by atoms with Crippen molar-refractivity contribution in [2.24, 2.45) is 5.92 Å². The molecule has 1 saturated heterocycles. The smallest absolute Gasteiger partial charge is 0.232 e. The van der Waals surface area contributed by atoms with E-state index in [0.29, 0.717) is 31.2 Å². The summed E-state index contributed by atoms with van der Waals surface area (Å²) in [6.45, 7) is 3.36. The van der Waals surface area contributed by atoms with Crippen molar-refractivity contribution < 1.29 is 14.1 Å². The van der Waals surface area contributed by atoms with E-state index in [-0.39, 0.29) is 17.7 Å². The van der Waals surface area contributed by atoms with Gasteiger partial charge in [0.2, 0.25) is 17.6 Å². The van der Waals surface area contributed by atoms with Crippen LogP contribution in [0.15, 0.2) is 53.3 Å². The monoisotopic (exact) mass is 378 g/mol. The van der Waals surface area contributed by atoms with Crippen molar-refractivity contribution in [3.63, 3.8) is 0 Å². The van der Waals surface area contributed by atoms with Gasteiger partial charge in [-0.3, -0.25) is 9.78 Å². The molecule has 2 aromatic heterocycles. The molecule has 1 aliphatic heterocycles. The first-order valence-corrected chi connectivity index (χ1v) is 9.29. The van der Waals surface area contributed by atoms with E-state index in [0.717, 1.165) is 16.9 Å². The Balaban J connectivity index is 1.46. The van der Waals surface area contributed by atoms with Crippen molar-refractivity contribution in [1.29, 1.82) is 0 Å². The molecule has 4 rings (SSSR count). The Kier molecular flexibility index (Phi) is 5.06. The highest BCUT2D eigenvalue weighted by Gasteiger charge is 2.37. The van der Waals surface area contributed by atoms with Gasteiger partial charge in [0.15, 0.2) is 0 Å². The number of ether oxygens (including phenoxy) is 1. The molecule has 1 amide bonds. The summed E-state index contributed by atoms with van der Waals surface area (Å²) >= 11 is 0.